The quantitative estimate of drug-likeness (QED) is 0.797. The molecule has 1 N–H and O–H groups in total. The van der Waals surface area contributed by atoms with Crippen LogP contribution in [-0.4, -0.2) is 26.3 Å². The Bertz CT molecular complexity index is 295. The summed E-state index contributed by atoms with van der Waals surface area (Å²) in [6.45, 7) is 8.38. The van der Waals surface area contributed by atoms with E-state index in [0.717, 1.165) is 13.2 Å². The molecule has 2 nitrogen and oxygen atoms in total. The number of ether oxygens (including phenoxy) is 1. The Morgan fingerprint density at radius 1 is 1.25 bits per heavy atom. The molecule has 0 aliphatic rings. The van der Waals surface area contributed by atoms with Gasteiger partial charge in [0.2, 0.25) is 0 Å². The molecule has 0 spiro atoms. The van der Waals surface area contributed by atoms with Gasteiger partial charge >= 0.3 is 0 Å². The van der Waals surface area contributed by atoms with Gasteiger partial charge in [0.15, 0.2) is 0 Å². The van der Waals surface area contributed by atoms with Crippen LogP contribution in [0.4, 0.5) is 0 Å². The van der Waals surface area contributed by atoms with E-state index in [1.165, 1.54) is 5.56 Å². The first kappa shape index (κ1) is 13.2. The third kappa shape index (κ3) is 3.95. The summed E-state index contributed by atoms with van der Waals surface area (Å²) in [6, 6.07) is 11.0. The summed E-state index contributed by atoms with van der Waals surface area (Å²) in [5, 5.41) is 3.50. The number of rotatable bonds is 6. The molecule has 0 heterocycles. The lowest BCUT2D eigenvalue weighted by Gasteiger charge is -2.27. The van der Waals surface area contributed by atoms with E-state index in [4.69, 9.17) is 4.74 Å². The fourth-order valence-electron chi connectivity index (χ4n) is 1.73. The zero-order valence-electron chi connectivity index (χ0n) is 10.8. The van der Waals surface area contributed by atoms with Crippen molar-refractivity contribution in [1.82, 2.24) is 5.32 Å². The normalized spacial score (nSPS) is 13.8. The Kier molecular flexibility index (Phi) is 4.97. The summed E-state index contributed by atoms with van der Waals surface area (Å²) in [4.78, 5) is 0. The third-order valence-electron chi connectivity index (χ3n) is 2.86. The number of hydrogen-bond acceptors (Lipinski definition) is 2. The van der Waals surface area contributed by atoms with Crippen molar-refractivity contribution < 1.29 is 4.74 Å². The lowest BCUT2D eigenvalue weighted by Crippen LogP contribution is -2.39. The van der Waals surface area contributed by atoms with Crippen molar-refractivity contribution in [3.8, 4) is 0 Å². The minimum atomic E-state index is 0.156. The molecule has 0 saturated heterocycles. The highest BCUT2D eigenvalue weighted by Crippen LogP contribution is 2.21. The largest absolute Gasteiger partial charge is 0.383 e. The number of nitrogens with one attached hydrogen (secondary N) is 1. The van der Waals surface area contributed by atoms with Crippen LogP contribution in [0, 0.1) is 0 Å². The van der Waals surface area contributed by atoms with Crippen molar-refractivity contribution in [2.24, 2.45) is 0 Å². The molecule has 1 unspecified atom stereocenters. The molecule has 0 bridgehead atoms. The summed E-state index contributed by atoms with van der Waals surface area (Å²) in [5.74, 6) is 0. The highest BCUT2D eigenvalue weighted by Gasteiger charge is 2.20. The van der Waals surface area contributed by atoms with Crippen LogP contribution in [0.25, 0.3) is 0 Å². The lowest BCUT2D eigenvalue weighted by molar-refractivity contribution is 0.169. The van der Waals surface area contributed by atoms with Crippen LogP contribution in [0.1, 0.15) is 26.3 Å². The van der Waals surface area contributed by atoms with Gasteiger partial charge in [0, 0.05) is 25.1 Å². The maximum atomic E-state index is 5.11. The molecule has 90 valence electrons. The van der Waals surface area contributed by atoms with Gasteiger partial charge in [-0.15, -0.1) is 0 Å². The molecule has 1 aromatic carbocycles. The van der Waals surface area contributed by atoms with E-state index in [2.05, 4.69) is 56.4 Å². The molecule has 1 aromatic rings. The molecule has 1 rings (SSSR count). The molecule has 0 saturated carbocycles. The molecule has 2 heteroatoms. The first-order valence-electron chi connectivity index (χ1n) is 5.84. The van der Waals surface area contributed by atoms with Crippen LogP contribution in [0.15, 0.2) is 30.3 Å². The van der Waals surface area contributed by atoms with Gasteiger partial charge in [0.25, 0.3) is 0 Å². The smallest absolute Gasteiger partial charge is 0.0613 e. The van der Waals surface area contributed by atoms with Crippen LogP contribution in [0.2, 0.25) is 0 Å². The van der Waals surface area contributed by atoms with Crippen molar-refractivity contribution in [3.63, 3.8) is 0 Å². The van der Waals surface area contributed by atoms with Crippen molar-refractivity contribution in [2.75, 3.05) is 20.3 Å². The van der Waals surface area contributed by atoms with E-state index in [-0.39, 0.29) is 5.41 Å². The fourth-order valence-corrected chi connectivity index (χ4v) is 1.73. The van der Waals surface area contributed by atoms with Gasteiger partial charge in [-0.3, -0.25) is 0 Å². The molecule has 16 heavy (non-hydrogen) atoms. The second-order valence-corrected chi connectivity index (χ2v) is 4.99. The Morgan fingerprint density at radius 3 is 2.44 bits per heavy atom. The maximum Gasteiger partial charge on any atom is 0.0613 e. The molecular formula is C14H23NO. The van der Waals surface area contributed by atoms with Crippen molar-refractivity contribution in [1.29, 1.82) is 0 Å². The zero-order valence-corrected chi connectivity index (χ0v) is 10.8. The van der Waals surface area contributed by atoms with E-state index >= 15 is 0 Å². The first-order valence-corrected chi connectivity index (χ1v) is 5.84. The van der Waals surface area contributed by atoms with E-state index in [1.54, 1.807) is 7.11 Å². The van der Waals surface area contributed by atoms with Crippen LogP contribution in [0.5, 0.6) is 0 Å². The summed E-state index contributed by atoms with van der Waals surface area (Å²) in [6.07, 6.45) is 0. The number of hydrogen-bond donors (Lipinski definition) is 1. The summed E-state index contributed by atoms with van der Waals surface area (Å²) in [7, 11) is 1.74. The lowest BCUT2D eigenvalue weighted by atomic mass is 9.84. The second kappa shape index (κ2) is 6.02. The number of benzene rings is 1. The second-order valence-electron chi connectivity index (χ2n) is 4.99. The van der Waals surface area contributed by atoms with Gasteiger partial charge in [-0.25, -0.2) is 0 Å². The Balaban J connectivity index is 2.52. The van der Waals surface area contributed by atoms with Gasteiger partial charge in [0.1, 0.15) is 0 Å². The summed E-state index contributed by atoms with van der Waals surface area (Å²) >= 11 is 0. The summed E-state index contributed by atoms with van der Waals surface area (Å²) < 4.78 is 5.11. The molecule has 0 aromatic heterocycles. The van der Waals surface area contributed by atoms with Gasteiger partial charge in [-0.05, 0) is 12.5 Å². The highest BCUT2D eigenvalue weighted by molar-refractivity contribution is 5.23. The van der Waals surface area contributed by atoms with E-state index in [1.807, 2.05) is 0 Å². The van der Waals surface area contributed by atoms with Crippen LogP contribution in [0.3, 0.4) is 0 Å². The molecule has 0 amide bonds. The zero-order chi connectivity index (χ0) is 12.0. The van der Waals surface area contributed by atoms with Gasteiger partial charge in [-0.1, -0.05) is 44.2 Å². The average Bonchev–Trinajstić information content (AvgIpc) is 2.28. The Morgan fingerprint density at radius 2 is 1.88 bits per heavy atom. The predicted octanol–water partition coefficient (Wildman–Crippen LogP) is 2.59. The van der Waals surface area contributed by atoms with Crippen molar-refractivity contribution in [2.45, 2.75) is 32.2 Å². The first-order chi connectivity index (χ1) is 7.56. The standard InChI is InChI=1S/C14H23NO/c1-12(10-16-4)15-11-14(2,3)13-8-6-5-7-9-13/h5-9,12,15H,10-11H2,1-4H3. The molecule has 0 fully saturated rings. The Labute approximate surface area is 99.0 Å². The van der Waals surface area contributed by atoms with E-state index < -0.39 is 0 Å². The monoisotopic (exact) mass is 221 g/mol. The third-order valence-corrected chi connectivity index (χ3v) is 2.86. The van der Waals surface area contributed by atoms with Crippen LogP contribution < -0.4 is 5.32 Å². The predicted molar refractivity (Wildman–Crippen MR) is 68.8 cm³/mol. The fraction of sp³-hybridized carbons (Fsp3) is 0.571. The average molecular weight is 221 g/mol. The topological polar surface area (TPSA) is 21.3 Å². The number of methoxy groups -OCH3 is 1. The van der Waals surface area contributed by atoms with Crippen LogP contribution >= 0.6 is 0 Å². The maximum absolute atomic E-state index is 5.11. The van der Waals surface area contributed by atoms with Crippen molar-refractivity contribution >= 4 is 0 Å². The summed E-state index contributed by atoms with van der Waals surface area (Å²) in [5.41, 5.74) is 1.52. The van der Waals surface area contributed by atoms with Crippen molar-refractivity contribution in [3.05, 3.63) is 35.9 Å². The van der Waals surface area contributed by atoms with E-state index in [0.29, 0.717) is 6.04 Å². The molecular weight excluding hydrogens is 198 g/mol. The highest BCUT2D eigenvalue weighted by atomic mass is 16.5. The Hall–Kier alpha value is -0.860. The minimum absolute atomic E-state index is 0.156. The van der Waals surface area contributed by atoms with Crippen LogP contribution in [-0.2, 0) is 10.2 Å². The van der Waals surface area contributed by atoms with Gasteiger partial charge in [0.05, 0.1) is 6.61 Å². The SMILES string of the molecule is COCC(C)NCC(C)(C)c1ccccc1. The van der Waals surface area contributed by atoms with Gasteiger partial charge in [-0.2, -0.15) is 0 Å². The molecule has 0 radical (unpaired) electrons. The molecule has 0 aliphatic carbocycles. The van der Waals surface area contributed by atoms with E-state index in [9.17, 15) is 0 Å². The minimum Gasteiger partial charge on any atom is -0.383 e. The van der Waals surface area contributed by atoms with Gasteiger partial charge < -0.3 is 10.1 Å². The molecule has 0 aliphatic heterocycles. The molecule has 1 atom stereocenters.